The maximum absolute atomic E-state index is 12.1. The van der Waals surface area contributed by atoms with E-state index in [4.69, 9.17) is 4.74 Å². The number of nitrogens with one attached hydrogen (secondary N) is 1. The Bertz CT molecular complexity index is 871. The first kappa shape index (κ1) is 17.0. The lowest BCUT2D eigenvalue weighted by atomic mass is 10.0. The fourth-order valence-corrected chi connectivity index (χ4v) is 2.89. The molecule has 1 amide bonds. The Kier molecular flexibility index (Phi) is 5.34. The zero-order valence-corrected chi connectivity index (χ0v) is 14.7. The van der Waals surface area contributed by atoms with Gasteiger partial charge in [-0.1, -0.05) is 74.5 Å². The van der Waals surface area contributed by atoms with E-state index in [1.54, 1.807) is 0 Å². The first-order valence-electron chi connectivity index (χ1n) is 8.66. The van der Waals surface area contributed by atoms with Crippen LogP contribution in [0.15, 0.2) is 66.7 Å². The molecule has 0 saturated heterocycles. The van der Waals surface area contributed by atoms with Crippen LogP contribution >= 0.6 is 0 Å². The van der Waals surface area contributed by atoms with Gasteiger partial charge in [0.1, 0.15) is 5.75 Å². The fourth-order valence-electron chi connectivity index (χ4n) is 2.89. The lowest BCUT2D eigenvalue weighted by molar-refractivity contribution is 0.200. The minimum absolute atomic E-state index is 0.307. The van der Waals surface area contributed by atoms with E-state index in [1.165, 1.54) is 16.3 Å². The van der Waals surface area contributed by atoms with Crippen LogP contribution in [0.4, 0.5) is 4.79 Å². The van der Waals surface area contributed by atoms with Crippen molar-refractivity contribution in [3.63, 3.8) is 0 Å². The summed E-state index contributed by atoms with van der Waals surface area (Å²) in [6.07, 6.45) is 0.361. The van der Waals surface area contributed by atoms with Gasteiger partial charge in [-0.05, 0) is 40.3 Å². The molecule has 0 atom stereocenters. The summed E-state index contributed by atoms with van der Waals surface area (Å²) in [4.78, 5) is 12.1. The molecule has 0 fully saturated rings. The maximum Gasteiger partial charge on any atom is 0.412 e. The molecule has 0 aliphatic heterocycles. The summed E-state index contributed by atoms with van der Waals surface area (Å²) in [6.45, 7) is 4.71. The molecule has 0 bridgehead atoms. The van der Waals surface area contributed by atoms with E-state index in [-0.39, 0.29) is 0 Å². The molecule has 3 aromatic rings. The predicted molar refractivity (Wildman–Crippen MR) is 102 cm³/mol. The van der Waals surface area contributed by atoms with Gasteiger partial charge in [0.2, 0.25) is 0 Å². The van der Waals surface area contributed by atoms with E-state index >= 15 is 0 Å². The molecule has 3 nitrogen and oxygen atoms in total. The monoisotopic (exact) mass is 333 g/mol. The minimum Gasteiger partial charge on any atom is -0.410 e. The zero-order valence-electron chi connectivity index (χ0n) is 14.7. The Balaban J connectivity index is 1.55. The van der Waals surface area contributed by atoms with Gasteiger partial charge in [-0.15, -0.1) is 0 Å². The van der Waals surface area contributed by atoms with Gasteiger partial charge in [-0.2, -0.15) is 0 Å². The van der Waals surface area contributed by atoms with Gasteiger partial charge in [0.05, 0.1) is 0 Å². The molecule has 3 aromatic carbocycles. The number of rotatable bonds is 5. The summed E-state index contributed by atoms with van der Waals surface area (Å²) >= 11 is 0. The molecule has 0 aromatic heterocycles. The van der Waals surface area contributed by atoms with Crippen molar-refractivity contribution in [2.24, 2.45) is 0 Å². The average Bonchev–Trinajstić information content (AvgIpc) is 2.62. The van der Waals surface area contributed by atoms with Crippen LogP contribution in [-0.4, -0.2) is 12.6 Å². The number of para-hydroxylation sites is 1. The van der Waals surface area contributed by atoms with Crippen molar-refractivity contribution in [2.75, 3.05) is 6.54 Å². The first-order valence-corrected chi connectivity index (χ1v) is 8.66. The number of carbonyl (C=O) groups is 1. The standard InChI is InChI=1S/C22H23NO2/c1-16(2)20-9-5-6-10-21(20)25-22(24)23-14-13-17-11-12-18-7-3-4-8-19(18)15-17/h3-12,15-16H,13-14H2,1-2H3,(H,23,24). The number of fused-ring (bicyclic) bond motifs is 1. The Morgan fingerprint density at radius 1 is 0.960 bits per heavy atom. The summed E-state index contributed by atoms with van der Waals surface area (Å²) in [5, 5.41) is 5.27. The molecule has 25 heavy (non-hydrogen) atoms. The second kappa shape index (κ2) is 7.84. The van der Waals surface area contributed by atoms with Gasteiger partial charge in [0.25, 0.3) is 0 Å². The number of hydrogen-bond acceptors (Lipinski definition) is 2. The van der Waals surface area contributed by atoms with Crippen LogP contribution in [0.2, 0.25) is 0 Å². The average molecular weight is 333 g/mol. The van der Waals surface area contributed by atoms with Crippen molar-refractivity contribution in [3.05, 3.63) is 77.9 Å². The van der Waals surface area contributed by atoms with E-state index < -0.39 is 6.09 Å². The molecular weight excluding hydrogens is 310 g/mol. The molecule has 0 aliphatic rings. The maximum atomic E-state index is 12.1. The van der Waals surface area contributed by atoms with Crippen molar-refractivity contribution in [2.45, 2.75) is 26.2 Å². The highest BCUT2D eigenvalue weighted by molar-refractivity contribution is 5.83. The SMILES string of the molecule is CC(C)c1ccccc1OC(=O)NCCc1ccc2ccccc2c1. The molecular formula is C22H23NO2. The highest BCUT2D eigenvalue weighted by Crippen LogP contribution is 2.25. The molecule has 0 radical (unpaired) electrons. The van der Waals surface area contributed by atoms with E-state index in [9.17, 15) is 4.79 Å². The summed E-state index contributed by atoms with van der Waals surface area (Å²) in [7, 11) is 0. The Morgan fingerprint density at radius 2 is 1.68 bits per heavy atom. The summed E-state index contributed by atoms with van der Waals surface area (Å²) in [5.74, 6) is 0.933. The van der Waals surface area contributed by atoms with E-state index in [2.05, 4.69) is 49.5 Å². The van der Waals surface area contributed by atoms with Crippen LogP contribution in [0, 0.1) is 0 Å². The van der Waals surface area contributed by atoms with Crippen molar-refractivity contribution in [1.29, 1.82) is 0 Å². The molecule has 0 saturated carbocycles. The molecule has 3 rings (SSSR count). The minimum atomic E-state index is -0.408. The van der Waals surface area contributed by atoms with Crippen molar-refractivity contribution in [3.8, 4) is 5.75 Å². The third-order valence-electron chi connectivity index (χ3n) is 4.24. The van der Waals surface area contributed by atoms with Crippen LogP contribution in [-0.2, 0) is 6.42 Å². The second-order valence-corrected chi connectivity index (χ2v) is 6.44. The zero-order chi connectivity index (χ0) is 17.6. The molecule has 0 heterocycles. The largest absolute Gasteiger partial charge is 0.412 e. The highest BCUT2D eigenvalue weighted by atomic mass is 16.6. The third-order valence-corrected chi connectivity index (χ3v) is 4.24. The molecule has 0 unspecified atom stereocenters. The van der Waals surface area contributed by atoms with Crippen molar-refractivity contribution in [1.82, 2.24) is 5.32 Å². The normalized spacial score (nSPS) is 10.8. The van der Waals surface area contributed by atoms with Gasteiger partial charge < -0.3 is 10.1 Å². The number of ether oxygens (including phenoxy) is 1. The predicted octanol–water partition coefficient (Wildman–Crippen LogP) is 5.29. The van der Waals surface area contributed by atoms with Crippen LogP contribution in [0.1, 0.15) is 30.9 Å². The number of carbonyl (C=O) groups excluding carboxylic acids is 1. The Labute approximate surface area is 148 Å². The van der Waals surface area contributed by atoms with E-state index in [1.807, 2.05) is 36.4 Å². The second-order valence-electron chi connectivity index (χ2n) is 6.44. The number of benzene rings is 3. The quantitative estimate of drug-likeness (QED) is 0.688. The van der Waals surface area contributed by atoms with Gasteiger partial charge >= 0.3 is 6.09 Å². The highest BCUT2D eigenvalue weighted by Gasteiger charge is 2.10. The summed E-state index contributed by atoms with van der Waals surface area (Å²) in [5.41, 5.74) is 2.23. The summed E-state index contributed by atoms with van der Waals surface area (Å²) < 4.78 is 5.46. The first-order chi connectivity index (χ1) is 12.1. The van der Waals surface area contributed by atoms with Crippen LogP contribution < -0.4 is 10.1 Å². The number of amides is 1. The molecule has 0 aliphatic carbocycles. The smallest absolute Gasteiger partial charge is 0.410 e. The fraction of sp³-hybridized carbons (Fsp3) is 0.227. The van der Waals surface area contributed by atoms with Crippen LogP contribution in [0.3, 0.4) is 0 Å². The topological polar surface area (TPSA) is 38.3 Å². The van der Waals surface area contributed by atoms with Gasteiger partial charge in [-0.25, -0.2) is 4.79 Å². The van der Waals surface area contributed by atoms with E-state index in [0.29, 0.717) is 18.2 Å². The summed E-state index contributed by atoms with van der Waals surface area (Å²) in [6, 6.07) is 22.3. The van der Waals surface area contributed by atoms with Crippen molar-refractivity contribution < 1.29 is 9.53 Å². The molecule has 3 heteroatoms. The molecule has 0 spiro atoms. The van der Waals surface area contributed by atoms with Gasteiger partial charge in [0, 0.05) is 6.54 Å². The van der Waals surface area contributed by atoms with Crippen LogP contribution in [0.25, 0.3) is 10.8 Å². The van der Waals surface area contributed by atoms with Gasteiger partial charge in [0.15, 0.2) is 0 Å². The van der Waals surface area contributed by atoms with Gasteiger partial charge in [-0.3, -0.25) is 0 Å². The lowest BCUT2D eigenvalue weighted by Gasteiger charge is -2.13. The third kappa shape index (κ3) is 4.38. The van der Waals surface area contributed by atoms with Crippen LogP contribution in [0.5, 0.6) is 5.75 Å². The molecule has 128 valence electrons. The Hall–Kier alpha value is -2.81. The van der Waals surface area contributed by atoms with E-state index in [0.717, 1.165) is 12.0 Å². The number of hydrogen-bond donors (Lipinski definition) is 1. The lowest BCUT2D eigenvalue weighted by Crippen LogP contribution is -2.29. The Morgan fingerprint density at radius 3 is 2.48 bits per heavy atom. The molecule has 1 N–H and O–H groups in total. The van der Waals surface area contributed by atoms with Crippen molar-refractivity contribution >= 4 is 16.9 Å².